The van der Waals surface area contributed by atoms with Gasteiger partial charge < -0.3 is 15.8 Å². The van der Waals surface area contributed by atoms with Gasteiger partial charge in [-0.3, -0.25) is 4.68 Å². The molecule has 0 atom stereocenters. The molecule has 0 aliphatic heterocycles. The van der Waals surface area contributed by atoms with E-state index in [0.29, 0.717) is 29.9 Å². The van der Waals surface area contributed by atoms with Gasteiger partial charge in [0.2, 0.25) is 5.88 Å². The first kappa shape index (κ1) is 11.8. The van der Waals surface area contributed by atoms with Gasteiger partial charge in [0.25, 0.3) is 0 Å². The number of aromatic nitrogens is 3. The zero-order chi connectivity index (χ0) is 13.2. The lowest BCUT2D eigenvalue weighted by Crippen LogP contribution is -2.05. The number of pyridine rings is 1. The molecule has 0 unspecified atom stereocenters. The van der Waals surface area contributed by atoms with Gasteiger partial charge in [-0.2, -0.15) is 10.1 Å². The quantitative estimate of drug-likeness (QED) is 0.857. The molecule has 3 N–H and O–H groups in total. The van der Waals surface area contributed by atoms with Crippen LogP contribution in [0.5, 0.6) is 5.88 Å². The molecule has 0 saturated heterocycles. The average Bonchev–Trinajstić information content (AvgIpc) is 3.13. The lowest BCUT2D eigenvalue weighted by molar-refractivity contribution is 0.290. The van der Waals surface area contributed by atoms with Crippen molar-refractivity contribution in [2.75, 3.05) is 17.7 Å². The van der Waals surface area contributed by atoms with Gasteiger partial charge >= 0.3 is 0 Å². The summed E-state index contributed by atoms with van der Waals surface area (Å²) in [7, 11) is 1.87. The lowest BCUT2D eigenvalue weighted by Gasteiger charge is -2.09. The summed E-state index contributed by atoms with van der Waals surface area (Å²) < 4.78 is 7.37. The van der Waals surface area contributed by atoms with E-state index in [1.165, 1.54) is 12.8 Å². The van der Waals surface area contributed by atoms with Crippen molar-refractivity contribution < 1.29 is 4.74 Å². The molecule has 2 heterocycles. The van der Waals surface area contributed by atoms with E-state index in [4.69, 9.17) is 10.5 Å². The molecule has 2 aromatic heterocycles. The van der Waals surface area contributed by atoms with Gasteiger partial charge in [0, 0.05) is 13.2 Å². The summed E-state index contributed by atoms with van der Waals surface area (Å²) in [4.78, 5) is 4.38. The standard InChI is InChI=1S/C13H17N5O/c1-18-7-10(6-15-18)16-12-5-4-11(14)13(17-12)19-8-9-2-3-9/h4-7,9H,2-3,8,14H2,1H3,(H,16,17). The summed E-state index contributed by atoms with van der Waals surface area (Å²) in [6, 6.07) is 3.63. The first-order valence-electron chi connectivity index (χ1n) is 6.36. The Balaban J connectivity index is 1.72. The molecule has 3 rings (SSSR count). The SMILES string of the molecule is Cn1cc(Nc2ccc(N)c(OCC3CC3)n2)cn1. The third-order valence-electron chi connectivity index (χ3n) is 3.02. The van der Waals surface area contributed by atoms with Gasteiger partial charge in [-0.25, -0.2) is 0 Å². The zero-order valence-corrected chi connectivity index (χ0v) is 10.8. The third-order valence-corrected chi connectivity index (χ3v) is 3.02. The fourth-order valence-corrected chi connectivity index (χ4v) is 1.75. The maximum absolute atomic E-state index is 5.86. The molecule has 19 heavy (non-hydrogen) atoms. The monoisotopic (exact) mass is 259 g/mol. The number of nitrogens with one attached hydrogen (secondary N) is 1. The molecule has 0 bridgehead atoms. The first-order valence-corrected chi connectivity index (χ1v) is 6.36. The van der Waals surface area contributed by atoms with Gasteiger partial charge in [0.1, 0.15) is 5.82 Å². The average molecular weight is 259 g/mol. The van der Waals surface area contributed by atoms with E-state index in [-0.39, 0.29) is 0 Å². The van der Waals surface area contributed by atoms with Crippen LogP contribution in [-0.2, 0) is 7.05 Å². The molecule has 1 aliphatic carbocycles. The number of nitrogens with zero attached hydrogens (tertiary/aromatic N) is 3. The van der Waals surface area contributed by atoms with Crippen LogP contribution >= 0.6 is 0 Å². The van der Waals surface area contributed by atoms with Gasteiger partial charge in [-0.15, -0.1) is 0 Å². The van der Waals surface area contributed by atoms with Gasteiger partial charge in [0.05, 0.1) is 24.2 Å². The summed E-state index contributed by atoms with van der Waals surface area (Å²) in [5.74, 6) is 1.88. The van der Waals surface area contributed by atoms with Crippen molar-refractivity contribution in [3.8, 4) is 5.88 Å². The van der Waals surface area contributed by atoms with Crippen molar-refractivity contribution in [2.24, 2.45) is 13.0 Å². The molecule has 100 valence electrons. The number of hydrogen-bond donors (Lipinski definition) is 2. The topological polar surface area (TPSA) is 78.0 Å². The first-order chi connectivity index (χ1) is 9.20. The Kier molecular flexibility index (Phi) is 2.98. The van der Waals surface area contributed by atoms with Crippen LogP contribution in [0.25, 0.3) is 0 Å². The Bertz CT molecular complexity index is 576. The Morgan fingerprint density at radius 3 is 3.00 bits per heavy atom. The fraction of sp³-hybridized carbons (Fsp3) is 0.385. The second-order valence-corrected chi connectivity index (χ2v) is 4.87. The smallest absolute Gasteiger partial charge is 0.239 e. The number of hydrogen-bond acceptors (Lipinski definition) is 5. The number of anilines is 3. The van der Waals surface area contributed by atoms with Crippen LogP contribution in [-0.4, -0.2) is 21.4 Å². The van der Waals surface area contributed by atoms with E-state index in [0.717, 1.165) is 5.69 Å². The summed E-state index contributed by atoms with van der Waals surface area (Å²) in [6.07, 6.45) is 6.10. The number of rotatable bonds is 5. The van der Waals surface area contributed by atoms with E-state index >= 15 is 0 Å². The number of nitrogen functional groups attached to an aromatic ring is 1. The highest BCUT2D eigenvalue weighted by atomic mass is 16.5. The predicted octanol–water partition coefficient (Wildman–Crippen LogP) is 1.93. The molecular formula is C13H17N5O. The second kappa shape index (κ2) is 4.79. The van der Waals surface area contributed by atoms with Crippen LogP contribution < -0.4 is 15.8 Å². The van der Waals surface area contributed by atoms with Crippen LogP contribution in [0.1, 0.15) is 12.8 Å². The van der Waals surface area contributed by atoms with E-state index in [2.05, 4.69) is 15.4 Å². The van der Waals surface area contributed by atoms with E-state index in [1.54, 1.807) is 16.9 Å². The van der Waals surface area contributed by atoms with E-state index in [9.17, 15) is 0 Å². The fourth-order valence-electron chi connectivity index (χ4n) is 1.75. The van der Waals surface area contributed by atoms with Gasteiger partial charge in [0.15, 0.2) is 0 Å². The highest BCUT2D eigenvalue weighted by Gasteiger charge is 2.22. The summed E-state index contributed by atoms with van der Waals surface area (Å²) in [6.45, 7) is 0.702. The van der Waals surface area contributed by atoms with Gasteiger partial charge in [-0.1, -0.05) is 0 Å². The highest BCUT2D eigenvalue weighted by molar-refractivity contribution is 5.59. The molecule has 1 aliphatic rings. The molecule has 0 spiro atoms. The predicted molar refractivity (Wildman–Crippen MR) is 73.4 cm³/mol. The maximum Gasteiger partial charge on any atom is 0.239 e. The molecule has 1 fully saturated rings. The molecule has 0 aromatic carbocycles. The Hall–Kier alpha value is -2.24. The third kappa shape index (κ3) is 2.96. The van der Waals surface area contributed by atoms with Crippen molar-refractivity contribution in [3.05, 3.63) is 24.5 Å². The summed E-state index contributed by atoms with van der Waals surface area (Å²) in [5, 5.41) is 7.26. The minimum Gasteiger partial charge on any atom is -0.476 e. The number of aryl methyl sites for hydroxylation is 1. The number of nitrogens with two attached hydrogens (primary N) is 1. The molecule has 0 radical (unpaired) electrons. The van der Waals surface area contributed by atoms with E-state index in [1.807, 2.05) is 19.3 Å². The van der Waals surface area contributed by atoms with Crippen LogP contribution in [0, 0.1) is 5.92 Å². The van der Waals surface area contributed by atoms with E-state index < -0.39 is 0 Å². The minimum atomic E-state index is 0.501. The summed E-state index contributed by atoms with van der Waals surface area (Å²) in [5.41, 5.74) is 7.31. The second-order valence-electron chi connectivity index (χ2n) is 4.87. The highest BCUT2D eigenvalue weighted by Crippen LogP contribution is 2.31. The molecule has 6 nitrogen and oxygen atoms in total. The Morgan fingerprint density at radius 2 is 2.32 bits per heavy atom. The zero-order valence-electron chi connectivity index (χ0n) is 10.8. The van der Waals surface area contributed by atoms with Crippen molar-refractivity contribution in [2.45, 2.75) is 12.8 Å². The van der Waals surface area contributed by atoms with Crippen LogP contribution in [0.3, 0.4) is 0 Å². The molecule has 0 amide bonds. The minimum absolute atomic E-state index is 0.501. The van der Waals surface area contributed by atoms with Crippen molar-refractivity contribution >= 4 is 17.2 Å². The lowest BCUT2D eigenvalue weighted by atomic mass is 10.4. The molecular weight excluding hydrogens is 242 g/mol. The Morgan fingerprint density at radius 1 is 1.47 bits per heavy atom. The molecule has 1 saturated carbocycles. The van der Waals surface area contributed by atoms with Crippen LogP contribution in [0.15, 0.2) is 24.5 Å². The van der Waals surface area contributed by atoms with Crippen molar-refractivity contribution in [3.63, 3.8) is 0 Å². The van der Waals surface area contributed by atoms with Crippen molar-refractivity contribution in [1.82, 2.24) is 14.8 Å². The summed E-state index contributed by atoms with van der Waals surface area (Å²) >= 11 is 0. The normalized spacial score (nSPS) is 14.4. The van der Waals surface area contributed by atoms with Crippen molar-refractivity contribution in [1.29, 1.82) is 0 Å². The number of ether oxygens (including phenoxy) is 1. The molecule has 2 aromatic rings. The Labute approximate surface area is 111 Å². The van der Waals surface area contributed by atoms with Crippen LogP contribution in [0.2, 0.25) is 0 Å². The van der Waals surface area contributed by atoms with Gasteiger partial charge in [-0.05, 0) is 30.9 Å². The largest absolute Gasteiger partial charge is 0.476 e. The maximum atomic E-state index is 5.86. The van der Waals surface area contributed by atoms with Crippen LogP contribution in [0.4, 0.5) is 17.2 Å². The molecule has 6 heteroatoms.